The summed E-state index contributed by atoms with van der Waals surface area (Å²) in [5, 5.41) is 5.00. The van der Waals surface area contributed by atoms with E-state index >= 15 is 0 Å². The number of hydrogen-bond donors (Lipinski definition) is 1. The molecule has 1 amide bonds. The summed E-state index contributed by atoms with van der Waals surface area (Å²) in [5.41, 5.74) is 2.28. The Morgan fingerprint density at radius 3 is 2.75 bits per heavy atom. The number of carbonyl (C=O) groups is 1. The van der Waals surface area contributed by atoms with Gasteiger partial charge in [0, 0.05) is 16.6 Å². The van der Waals surface area contributed by atoms with Crippen LogP contribution in [0.3, 0.4) is 0 Å². The summed E-state index contributed by atoms with van der Waals surface area (Å²) in [6.07, 6.45) is 1.37. The predicted octanol–water partition coefficient (Wildman–Crippen LogP) is 4.21. The molecule has 2 aromatic carbocycles. The Morgan fingerprint density at radius 2 is 2.00 bits per heavy atom. The Bertz CT molecular complexity index is 1230. The number of nitrogens with one attached hydrogen (secondary N) is 1. The highest BCUT2D eigenvalue weighted by Crippen LogP contribution is 2.30. The lowest BCUT2D eigenvalue weighted by Gasteiger charge is -2.08. The normalized spacial score (nSPS) is 10.9. The first kappa shape index (κ1) is 18.1. The molecule has 28 heavy (non-hydrogen) atoms. The Morgan fingerprint density at radius 1 is 1.21 bits per heavy atom. The Balaban J connectivity index is 1.64. The van der Waals surface area contributed by atoms with Gasteiger partial charge in [-0.05, 0) is 30.2 Å². The average molecular weight is 393 g/mol. The molecule has 0 saturated carbocycles. The Hall–Kier alpha value is -3.32. The van der Waals surface area contributed by atoms with E-state index in [1.165, 1.54) is 28.3 Å². The molecule has 2 heterocycles. The van der Waals surface area contributed by atoms with Gasteiger partial charge in [0.25, 0.3) is 5.56 Å². The van der Waals surface area contributed by atoms with Crippen LogP contribution in [0.25, 0.3) is 21.3 Å². The first-order valence-electron chi connectivity index (χ1n) is 8.61. The van der Waals surface area contributed by atoms with Crippen LogP contribution in [0, 0.1) is 12.7 Å². The number of carbonyl (C=O) groups excluding carboxylic acids is 1. The summed E-state index contributed by atoms with van der Waals surface area (Å²) in [6.45, 7) is 1.44. The largest absolute Gasteiger partial charge is 0.324 e. The van der Waals surface area contributed by atoms with Gasteiger partial charge in [0.05, 0.1) is 11.7 Å². The fourth-order valence-corrected chi connectivity index (χ4v) is 3.84. The second-order valence-corrected chi connectivity index (χ2v) is 7.24. The summed E-state index contributed by atoms with van der Waals surface area (Å²) in [5.74, 6) is -0.827. The van der Waals surface area contributed by atoms with Crippen LogP contribution in [0.4, 0.5) is 10.1 Å². The monoisotopic (exact) mass is 393 g/mol. The number of nitrogens with zero attached hydrogens (tertiary/aromatic N) is 2. The molecule has 7 heteroatoms. The summed E-state index contributed by atoms with van der Waals surface area (Å²) < 4.78 is 14.9. The predicted molar refractivity (Wildman–Crippen MR) is 109 cm³/mol. The third-order valence-electron chi connectivity index (χ3n) is 4.42. The molecule has 0 fully saturated rings. The lowest BCUT2D eigenvalue weighted by Crippen LogP contribution is -2.27. The van der Waals surface area contributed by atoms with Crippen molar-refractivity contribution >= 4 is 33.1 Å². The number of amides is 1. The number of rotatable bonds is 4. The molecular formula is C21H16FN3O2S. The second-order valence-electron chi connectivity index (χ2n) is 6.39. The maximum Gasteiger partial charge on any atom is 0.263 e. The van der Waals surface area contributed by atoms with Gasteiger partial charge in [0.15, 0.2) is 0 Å². The molecule has 0 bridgehead atoms. The number of aryl methyl sites for hydroxylation is 1. The highest BCUT2D eigenvalue weighted by atomic mass is 32.1. The lowest BCUT2D eigenvalue weighted by atomic mass is 10.1. The minimum Gasteiger partial charge on any atom is -0.324 e. The molecule has 0 atom stereocenters. The van der Waals surface area contributed by atoms with E-state index in [9.17, 15) is 14.0 Å². The number of halogens is 1. The molecule has 140 valence electrons. The van der Waals surface area contributed by atoms with Crippen LogP contribution in [0.2, 0.25) is 0 Å². The van der Waals surface area contributed by atoms with E-state index in [0.29, 0.717) is 21.5 Å². The zero-order chi connectivity index (χ0) is 19.7. The molecule has 4 aromatic rings. The van der Waals surface area contributed by atoms with E-state index in [0.717, 1.165) is 11.1 Å². The van der Waals surface area contributed by atoms with Crippen molar-refractivity contribution < 1.29 is 9.18 Å². The zero-order valence-corrected chi connectivity index (χ0v) is 15.8. The quantitative estimate of drug-likeness (QED) is 0.565. The number of anilines is 1. The topological polar surface area (TPSA) is 64.0 Å². The maximum absolute atomic E-state index is 13.6. The molecule has 0 unspecified atom stereocenters. The van der Waals surface area contributed by atoms with Gasteiger partial charge in [-0.1, -0.05) is 36.4 Å². The fraction of sp³-hybridized carbons (Fsp3) is 0.0952. The van der Waals surface area contributed by atoms with Crippen molar-refractivity contribution in [3.05, 3.63) is 82.0 Å². The zero-order valence-electron chi connectivity index (χ0n) is 15.0. The number of aromatic nitrogens is 2. The van der Waals surface area contributed by atoms with Crippen LogP contribution in [0.15, 0.2) is 65.0 Å². The van der Waals surface area contributed by atoms with Crippen LogP contribution in [0.1, 0.15) is 5.56 Å². The van der Waals surface area contributed by atoms with Crippen LogP contribution >= 0.6 is 11.3 Å². The van der Waals surface area contributed by atoms with Gasteiger partial charge in [-0.15, -0.1) is 11.3 Å². The van der Waals surface area contributed by atoms with Crippen LogP contribution in [-0.2, 0) is 11.3 Å². The molecule has 5 nitrogen and oxygen atoms in total. The molecule has 0 saturated heterocycles. The van der Waals surface area contributed by atoms with Gasteiger partial charge < -0.3 is 5.32 Å². The number of benzene rings is 2. The van der Waals surface area contributed by atoms with Gasteiger partial charge in [-0.2, -0.15) is 0 Å². The summed E-state index contributed by atoms with van der Waals surface area (Å²) in [4.78, 5) is 30.2. The van der Waals surface area contributed by atoms with Crippen molar-refractivity contribution in [2.45, 2.75) is 13.5 Å². The van der Waals surface area contributed by atoms with E-state index in [-0.39, 0.29) is 12.1 Å². The summed E-state index contributed by atoms with van der Waals surface area (Å²) in [6, 6.07) is 14.0. The number of hydrogen-bond acceptors (Lipinski definition) is 4. The molecule has 0 radical (unpaired) electrons. The molecule has 0 aliphatic carbocycles. The van der Waals surface area contributed by atoms with Crippen molar-refractivity contribution in [2.75, 3.05) is 5.32 Å². The SMILES string of the molecule is Cc1ccc(NC(=O)Cn2cnc3scc(-c4ccccc4)c3c2=O)cc1F. The Kier molecular flexibility index (Phi) is 4.75. The number of thiophene rings is 1. The van der Waals surface area contributed by atoms with Gasteiger partial charge in [0.2, 0.25) is 5.91 Å². The van der Waals surface area contributed by atoms with Crippen molar-refractivity contribution in [3.8, 4) is 11.1 Å². The van der Waals surface area contributed by atoms with Crippen molar-refractivity contribution in [3.63, 3.8) is 0 Å². The van der Waals surface area contributed by atoms with Crippen molar-refractivity contribution in [1.82, 2.24) is 9.55 Å². The second kappa shape index (κ2) is 7.36. The molecule has 0 aliphatic rings. The third kappa shape index (κ3) is 3.44. The molecule has 4 rings (SSSR count). The van der Waals surface area contributed by atoms with Gasteiger partial charge in [-0.3, -0.25) is 14.2 Å². The average Bonchev–Trinajstić information content (AvgIpc) is 3.12. The van der Waals surface area contributed by atoms with E-state index in [1.54, 1.807) is 19.1 Å². The minimum absolute atomic E-state index is 0.207. The molecule has 1 N–H and O–H groups in total. The molecule has 0 aliphatic heterocycles. The smallest absolute Gasteiger partial charge is 0.263 e. The Labute approximate surface area is 164 Å². The van der Waals surface area contributed by atoms with Gasteiger partial charge in [-0.25, -0.2) is 9.37 Å². The van der Waals surface area contributed by atoms with Crippen LogP contribution in [0.5, 0.6) is 0 Å². The van der Waals surface area contributed by atoms with Crippen LogP contribution < -0.4 is 10.9 Å². The first-order valence-corrected chi connectivity index (χ1v) is 9.49. The van der Waals surface area contributed by atoms with E-state index in [4.69, 9.17) is 0 Å². The number of fused-ring (bicyclic) bond motifs is 1. The molecular weight excluding hydrogens is 377 g/mol. The highest BCUT2D eigenvalue weighted by Gasteiger charge is 2.15. The van der Waals surface area contributed by atoms with Gasteiger partial charge in [0.1, 0.15) is 17.2 Å². The highest BCUT2D eigenvalue weighted by molar-refractivity contribution is 7.17. The van der Waals surface area contributed by atoms with E-state index in [1.807, 2.05) is 35.7 Å². The van der Waals surface area contributed by atoms with Gasteiger partial charge >= 0.3 is 0 Å². The first-order chi connectivity index (χ1) is 13.5. The lowest BCUT2D eigenvalue weighted by molar-refractivity contribution is -0.116. The summed E-state index contributed by atoms with van der Waals surface area (Å²) >= 11 is 1.39. The summed E-state index contributed by atoms with van der Waals surface area (Å²) in [7, 11) is 0. The minimum atomic E-state index is -0.428. The van der Waals surface area contributed by atoms with Crippen molar-refractivity contribution in [2.24, 2.45) is 0 Å². The standard InChI is InChI=1S/C21H16FN3O2S/c1-13-7-8-15(9-17(13)22)24-18(26)10-25-12-23-20-19(21(25)27)16(11-28-20)14-5-3-2-4-6-14/h2-9,11-12H,10H2,1H3,(H,24,26). The maximum atomic E-state index is 13.6. The van der Waals surface area contributed by atoms with E-state index < -0.39 is 11.7 Å². The van der Waals surface area contributed by atoms with Crippen molar-refractivity contribution in [1.29, 1.82) is 0 Å². The fourth-order valence-electron chi connectivity index (χ4n) is 2.94. The molecule has 0 spiro atoms. The van der Waals surface area contributed by atoms with E-state index in [2.05, 4.69) is 10.3 Å². The molecule has 2 aromatic heterocycles. The third-order valence-corrected chi connectivity index (χ3v) is 5.30. The van der Waals surface area contributed by atoms with Crippen LogP contribution in [-0.4, -0.2) is 15.5 Å².